The van der Waals surface area contributed by atoms with Gasteiger partial charge in [0.1, 0.15) is 0 Å². The average molecular weight is 331 g/mol. The zero-order valence-corrected chi connectivity index (χ0v) is 14.1. The second-order valence-corrected chi connectivity index (χ2v) is 6.99. The normalized spacial score (nSPS) is 25.9. The minimum absolute atomic E-state index is 0.580. The van der Waals surface area contributed by atoms with E-state index >= 15 is 0 Å². The van der Waals surface area contributed by atoms with E-state index in [2.05, 4.69) is 37.9 Å². The lowest BCUT2D eigenvalue weighted by molar-refractivity contribution is 0.183. The Morgan fingerprint density at radius 1 is 0.957 bits per heavy atom. The van der Waals surface area contributed by atoms with E-state index in [1.807, 2.05) is 24.4 Å². The van der Waals surface area contributed by atoms with Crippen molar-refractivity contribution in [3.63, 3.8) is 0 Å². The van der Waals surface area contributed by atoms with Crippen LogP contribution in [0.2, 0.25) is 5.02 Å². The summed E-state index contributed by atoms with van der Waals surface area (Å²) in [5.41, 5.74) is 1.18. The van der Waals surface area contributed by atoms with Crippen LogP contribution >= 0.6 is 11.6 Å². The number of piperazine rings is 1. The van der Waals surface area contributed by atoms with E-state index in [1.54, 1.807) is 0 Å². The van der Waals surface area contributed by atoms with E-state index in [-0.39, 0.29) is 0 Å². The van der Waals surface area contributed by atoms with E-state index in [0.717, 1.165) is 31.2 Å². The standard InChI is InChI=1S/C18H23ClN4/c19-17-4-1-2-5-18(17)22-12-10-21(11-13-22)15-6-7-16(14-15)23-9-3-8-20-23/h1-5,8-9,15-16H,6-7,10-14H2/t15-,16-/m0/s1. The fraction of sp³-hybridized carbons (Fsp3) is 0.500. The molecule has 0 amide bonds. The van der Waals surface area contributed by atoms with Crippen LogP contribution in [0.25, 0.3) is 0 Å². The third kappa shape index (κ3) is 3.10. The summed E-state index contributed by atoms with van der Waals surface area (Å²) in [6.45, 7) is 4.38. The smallest absolute Gasteiger partial charge is 0.0639 e. The van der Waals surface area contributed by atoms with Crippen LogP contribution in [0.5, 0.6) is 0 Å². The molecule has 2 fully saturated rings. The zero-order chi connectivity index (χ0) is 15.6. The molecule has 4 rings (SSSR count). The lowest BCUT2D eigenvalue weighted by Crippen LogP contribution is -2.49. The Balaban J connectivity index is 1.34. The first kappa shape index (κ1) is 15.0. The molecule has 0 radical (unpaired) electrons. The topological polar surface area (TPSA) is 24.3 Å². The van der Waals surface area contributed by atoms with Gasteiger partial charge in [-0.3, -0.25) is 9.58 Å². The Kier molecular flexibility index (Phi) is 4.27. The Hall–Kier alpha value is -1.52. The SMILES string of the molecule is Clc1ccccc1N1CCN([C@H]2CC[C@H](n3cccn3)C2)CC1. The number of aromatic nitrogens is 2. The van der Waals surface area contributed by atoms with Crippen LogP contribution in [0, 0.1) is 0 Å². The van der Waals surface area contributed by atoms with E-state index in [4.69, 9.17) is 11.6 Å². The van der Waals surface area contributed by atoms with Crippen LogP contribution in [-0.4, -0.2) is 46.9 Å². The van der Waals surface area contributed by atoms with Gasteiger partial charge in [0.15, 0.2) is 0 Å². The molecule has 0 spiro atoms. The maximum absolute atomic E-state index is 6.33. The van der Waals surface area contributed by atoms with Crippen LogP contribution < -0.4 is 4.90 Å². The van der Waals surface area contributed by atoms with Crippen molar-refractivity contribution >= 4 is 17.3 Å². The van der Waals surface area contributed by atoms with Crippen molar-refractivity contribution in [3.8, 4) is 0 Å². The van der Waals surface area contributed by atoms with Crippen LogP contribution in [-0.2, 0) is 0 Å². The summed E-state index contributed by atoms with van der Waals surface area (Å²) < 4.78 is 2.14. The van der Waals surface area contributed by atoms with Gasteiger partial charge in [-0.25, -0.2) is 0 Å². The molecule has 2 aliphatic rings. The quantitative estimate of drug-likeness (QED) is 0.861. The Morgan fingerprint density at radius 2 is 1.74 bits per heavy atom. The second kappa shape index (κ2) is 6.54. The summed E-state index contributed by atoms with van der Waals surface area (Å²) in [4.78, 5) is 5.08. The minimum Gasteiger partial charge on any atom is -0.368 e. The van der Waals surface area contributed by atoms with Crippen LogP contribution in [0.15, 0.2) is 42.7 Å². The highest BCUT2D eigenvalue weighted by atomic mass is 35.5. The van der Waals surface area contributed by atoms with Crippen molar-refractivity contribution in [2.24, 2.45) is 0 Å². The molecule has 23 heavy (non-hydrogen) atoms. The van der Waals surface area contributed by atoms with Crippen molar-refractivity contribution in [3.05, 3.63) is 47.7 Å². The van der Waals surface area contributed by atoms with Crippen molar-refractivity contribution in [1.82, 2.24) is 14.7 Å². The number of nitrogens with zero attached hydrogens (tertiary/aromatic N) is 4. The summed E-state index contributed by atoms with van der Waals surface area (Å²) in [6, 6.07) is 11.5. The zero-order valence-electron chi connectivity index (χ0n) is 13.3. The van der Waals surface area contributed by atoms with Gasteiger partial charge < -0.3 is 4.90 Å². The summed E-state index contributed by atoms with van der Waals surface area (Å²) in [7, 11) is 0. The van der Waals surface area contributed by atoms with E-state index < -0.39 is 0 Å². The van der Waals surface area contributed by atoms with E-state index in [9.17, 15) is 0 Å². The number of hydrogen-bond donors (Lipinski definition) is 0. The summed E-state index contributed by atoms with van der Waals surface area (Å²) >= 11 is 6.33. The van der Waals surface area contributed by atoms with Gasteiger partial charge in [-0.2, -0.15) is 5.10 Å². The summed E-state index contributed by atoms with van der Waals surface area (Å²) in [5.74, 6) is 0. The Labute approximate surface area is 142 Å². The predicted molar refractivity (Wildman–Crippen MR) is 94.1 cm³/mol. The van der Waals surface area contributed by atoms with Crippen molar-refractivity contribution in [2.45, 2.75) is 31.3 Å². The molecule has 0 N–H and O–H groups in total. The first-order chi connectivity index (χ1) is 11.3. The number of para-hydroxylation sites is 1. The Bertz CT molecular complexity index is 634. The van der Waals surface area contributed by atoms with Gasteiger partial charge in [0.05, 0.1) is 16.8 Å². The highest BCUT2D eigenvalue weighted by Crippen LogP contribution is 2.34. The number of benzene rings is 1. The average Bonchev–Trinajstić information content (AvgIpc) is 3.27. The van der Waals surface area contributed by atoms with Crippen LogP contribution in [0.3, 0.4) is 0 Å². The molecule has 1 aliphatic carbocycles. The lowest BCUT2D eigenvalue weighted by atomic mass is 10.1. The fourth-order valence-corrected chi connectivity index (χ4v) is 4.29. The molecule has 1 aliphatic heterocycles. The highest BCUT2D eigenvalue weighted by molar-refractivity contribution is 6.33. The first-order valence-electron chi connectivity index (χ1n) is 8.54. The third-order valence-corrected chi connectivity index (χ3v) is 5.62. The molecule has 0 unspecified atom stereocenters. The van der Waals surface area contributed by atoms with Gasteiger partial charge >= 0.3 is 0 Å². The molecule has 2 atom stereocenters. The van der Waals surface area contributed by atoms with Gasteiger partial charge in [-0.05, 0) is 37.5 Å². The summed E-state index contributed by atoms with van der Waals surface area (Å²) in [6.07, 6.45) is 7.75. The largest absolute Gasteiger partial charge is 0.368 e. The molecule has 2 heterocycles. The fourth-order valence-electron chi connectivity index (χ4n) is 4.04. The lowest BCUT2D eigenvalue weighted by Gasteiger charge is -2.39. The van der Waals surface area contributed by atoms with Gasteiger partial charge in [-0.15, -0.1) is 0 Å². The maximum Gasteiger partial charge on any atom is 0.0639 e. The number of anilines is 1. The molecule has 5 heteroatoms. The molecule has 4 nitrogen and oxygen atoms in total. The van der Waals surface area contributed by atoms with Crippen LogP contribution in [0.4, 0.5) is 5.69 Å². The van der Waals surface area contributed by atoms with Gasteiger partial charge in [0.2, 0.25) is 0 Å². The number of hydrogen-bond acceptors (Lipinski definition) is 3. The molecular formula is C18H23ClN4. The molecule has 2 aromatic rings. The molecular weight excluding hydrogens is 308 g/mol. The predicted octanol–water partition coefficient (Wildman–Crippen LogP) is 3.45. The third-order valence-electron chi connectivity index (χ3n) is 5.30. The Morgan fingerprint density at radius 3 is 2.48 bits per heavy atom. The van der Waals surface area contributed by atoms with Crippen LogP contribution in [0.1, 0.15) is 25.3 Å². The van der Waals surface area contributed by atoms with Crippen molar-refractivity contribution in [2.75, 3.05) is 31.1 Å². The molecule has 0 bridgehead atoms. The molecule has 1 saturated carbocycles. The first-order valence-corrected chi connectivity index (χ1v) is 8.92. The molecule has 1 saturated heterocycles. The van der Waals surface area contributed by atoms with E-state index in [0.29, 0.717) is 12.1 Å². The second-order valence-electron chi connectivity index (χ2n) is 6.58. The highest BCUT2D eigenvalue weighted by Gasteiger charge is 2.32. The minimum atomic E-state index is 0.580. The monoisotopic (exact) mass is 330 g/mol. The molecule has 1 aromatic heterocycles. The molecule has 1 aromatic carbocycles. The summed E-state index contributed by atoms with van der Waals surface area (Å²) in [5, 5.41) is 5.28. The van der Waals surface area contributed by atoms with Gasteiger partial charge in [0, 0.05) is 44.6 Å². The number of halogens is 1. The van der Waals surface area contributed by atoms with Gasteiger partial charge in [0.25, 0.3) is 0 Å². The van der Waals surface area contributed by atoms with Gasteiger partial charge in [-0.1, -0.05) is 23.7 Å². The van der Waals surface area contributed by atoms with Crippen molar-refractivity contribution in [1.29, 1.82) is 0 Å². The molecule has 122 valence electrons. The number of rotatable bonds is 3. The van der Waals surface area contributed by atoms with E-state index in [1.165, 1.54) is 24.9 Å². The van der Waals surface area contributed by atoms with Crippen molar-refractivity contribution < 1.29 is 0 Å². The maximum atomic E-state index is 6.33.